The summed E-state index contributed by atoms with van der Waals surface area (Å²) in [6.45, 7) is 13.8. The van der Waals surface area contributed by atoms with E-state index in [9.17, 15) is 0 Å². The topological polar surface area (TPSA) is 18.5 Å². The predicted molar refractivity (Wildman–Crippen MR) is 101 cm³/mol. The van der Waals surface area contributed by atoms with Crippen LogP contribution in [0.2, 0.25) is 0 Å². The van der Waals surface area contributed by atoms with Crippen LogP contribution in [0, 0.1) is 11.3 Å². The molecule has 2 atom stereocenters. The third-order valence-corrected chi connectivity index (χ3v) is 5.95. The van der Waals surface area contributed by atoms with E-state index in [-0.39, 0.29) is 5.60 Å². The molecule has 1 heterocycles. The van der Waals surface area contributed by atoms with Gasteiger partial charge in [-0.05, 0) is 49.7 Å². The van der Waals surface area contributed by atoms with Gasteiger partial charge in [0.2, 0.25) is 0 Å². The average molecular weight is 333 g/mol. The van der Waals surface area contributed by atoms with Crippen molar-refractivity contribution in [3.05, 3.63) is 35.4 Å². The molecule has 1 fully saturated rings. The maximum Gasteiger partial charge on any atom is 0.0724 e. The van der Waals surface area contributed by atoms with Crippen LogP contribution in [0.3, 0.4) is 0 Å². The number of rotatable bonds is 10. The van der Waals surface area contributed by atoms with Crippen LogP contribution < -0.4 is 0 Å². The van der Waals surface area contributed by atoms with E-state index in [1.807, 2.05) is 0 Å². The van der Waals surface area contributed by atoms with Crippen LogP contribution >= 0.6 is 0 Å². The molecule has 0 aromatic heterocycles. The van der Waals surface area contributed by atoms with Crippen molar-refractivity contribution in [2.75, 3.05) is 13.2 Å². The Hall–Kier alpha value is -0.860. The molecular formula is C22H36O2. The molecule has 1 aromatic carbocycles. The summed E-state index contributed by atoms with van der Waals surface area (Å²) in [5.74, 6) is 0.755. The third-order valence-electron chi connectivity index (χ3n) is 5.95. The zero-order chi connectivity index (χ0) is 17.6. The minimum absolute atomic E-state index is 0.0603. The van der Waals surface area contributed by atoms with Crippen molar-refractivity contribution in [2.45, 2.75) is 78.9 Å². The minimum atomic E-state index is -0.0603. The summed E-state index contributed by atoms with van der Waals surface area (Å²) in [5.41, 5.74) is 2.99. The molecular weight excluding hydrogens is 296 g/mol. The van der Waals surface area contributed by atoms with Gasteiger partial charge in [0, 0.05) is 5.41 Å². The predicted octanol–water partition coefficient (Wildman–Crippen LogP) is 5.78. The third kappa shape index (κ3) is 5.07. The van der Waals surface area contributed by atoms with Crippen LogP contribution in [-0.4, -0.2) is 18.8 Å². The first-order valence-corrected chi connectivity index (χ1v) is 9.74. The van der Waals surface area contributed by atoms with E-state index in [4.69, 9.17) is 9.47 Å². The van der Waals surface area contributed by atoms with Crippen LogP contribution in [0.1, 0.15) is 71.4 Å². The van der Waals surface area contributed by atoms with E-state index < -0.39 is 0 Å². The first kappa shape index (κ1) is 19.5. The van der Waals surface area contributed by atoms with E-state index in [1.165, 1.54) is 30.4 Å². The minimum Gasteiger partial charge on any atom is -0.380 e. The fourth-order valence-electron chi connectivity index (χ4n) is 3.47. The fourth-order valence-corrected chi connectivity index (χ4v) is 3.47. The molecule has 0 spiro atoms. The summed E-state index contributed by atoms with van der Waals surface area (Å²) in [6, 6.07) is 8.99. The molecule has 2 unspecified atom stereocenters. The Labute approximate surface area is 148 Å². The van der Waals surface area contributed by atoms with Gasteiger partial charge < -0.3 is 9.47 Å². The van der Waals surface area contributed by atoms with E-state index in [0.717, 1.165) is 32.0 Å². The molecule has 24 heavy (non-hydrogen) atoms. The summed E-state index contributed by atoms with van der Waals surface area (Å²) in [7, 11) is 0. The highest BCUT2D eigenvalue weighted by molar-refractivity contribution is 5.22. The summed E-state index contributed by atoms with van der Waals surface area (Å²) in [6.07, 6.45) is 5.72. The highest BCUT2D eigenvalue weighted by Gasteiger charge is 2.42. The first-order chi connectivity index (χ1) is 11.4. The molecule has 0 bridgehead atoms. The number of benzene rings is 1. The van der Waals surface area contributed by atoms with Crippen molar-refractivity contribution in [1.82, 2.24) is 0 Å². The SMILES string of the molecule is CCC(C)Cc1ccc(COC(C)(CC)CC2(CC)COC2)cc1. The Bertz CT molecular complexity index is 484. The van der Waals surface area contributed by atoms with E-state index in [2.05, 4.69) is 58.9 Å². The van der Waals surface area contributed by atoms with Gasteiger partial charge in [0.25, 0.3) is 0 Å². The van der Waals surface area contributed by atoms with Crippen molar-refractivity contribution in [3.8, 4) is 0 Å². The molecule has 136 valence electrons. The van der Waals surface area contributed by atoms with Gasteiger partial charge in [-0.25, -0.2) is 0 Å². The van der Waals surface area contributed by atoms with Crippen LogP contribution in [0.4, 0.5) is 0 Å². The summed E-state index contributed by atoms with van der Waals surface area (Å²) < 4.78 is 11.9. The standard InChI is InChI=1S/C22H36O2/c1-6-18(4)13-19-9-11-20(12-10-19)14-24-21(5,7-2)15-22(8-3)16-23-17-22/h9-12,18H,6-8,13-17H2,1-5H3. The Morgan fingerprint density at radius 1 is 1.12 bits per heavy atom. The van der Waals surface area contributed by atoms with Gasteiger partial charge in [0.1, 0.15) is 0 Å². The second kappa shape index (κ2) is 8.49. The van der Waals surface area contributed by atoms with Gasteiger partial charge in [0.15, 0.2) is 0 Å². The van der Waals surface area contributed by atoms with Crippen LogP contribution in [0.25, 0.3) is 0 Å². The lowest BCUT2D eigenvalue weighted by molar-refractivity contribution is -0.166. The highest BCUT2D eigenvalue weighted by atomic mass is 16.5. The van der Waals surface area contributed by atoms with Gasteiger partial charge in [-0.15, -0.1) is 0 Å². The van der Waals surface area contributed by atoms with Crippen molar-refractivity contribution in [2.24, 2.45) is 11.3 Å². The molecule has 1 aliphatic rings. The molecule has 0 saturated carbocycles. The van der Waals surface area contributed by atoms with Crippen molar-refractivity contribution in [1.29, 1.82) is 0 Å². The second-order valence-electron chi connectivity index (χ2n) is 8.15. The van der Waals surface area contributed by atoms with Gasteiger partial charge in [-0.1, -0.05) is 58.4 Å². The highest BCUT2D eigenvalue weighted by Crippen LogP contribution is 2.41. The lowest BCUT2D eigenvalue weighted by Gasteiger charge is -2.46. The monoisotopic (exact) mass is 332 g/mol. The van der Waals surface area contributed by atoms with Crippen molar-refractivity contribution < 1.29 is 9.47 Å². The van der Waals surface area contributed by atoms with Crippen molar-refractivity contribution >= 4 is 0 Å². The van der Waals surface area contributed by atoms with Crippen LogP contribution in [0.15, 0.2) is 24.3 Å². The molecule has 2 rings (SSSR count). The van der Waals surface area contributed by atoms with Gasteiger partial charge in [-0.2, -0.15) is 0 Å². The Morgan fingerprint density at radius 3 is 2.21 bits per heavy atom. The maximum absolute atomic E-state index is 6.38. The lowest BCUT2D eigenvalue weighted by Crippen LogP contribution is -2.48. The number of hydrogen-bond acceptors (Lipinski definition) is 2. The van der Waals surface area contributed by atoms with Gasteiger partial charge in [-0.3, -0.25) is 0 Å². The normalized spacial score (nSPS) is 20.2. The Balaban J connectivity index is 1.90. The van der Waals surface area contributed by atoms with Crippen LogP contribution in [-0.2, 0) is 22.5 Å². The smallest absolute Gasteiger partial charge is 0.0724 e. The molecule has 0 aliphatic carbocycles. The number of hydrogen-bond donors (Lipinski definition) is 0. The zero-order valence-electron chi connectivity index (χ0n) is 16.4. The molecule has 1 saturated heterocycles. The zero-order valence-corrected chi connectivity index (χ0v) is 16.4. The second-order valence-corrected chi connectivity index (χ2v) is 8.15. The van der Waals surface area contributed by atoms with Gasteiger partial charge >= 0.3 is 0 Å². The summed E-state index contributed by atoms with van der Waals surface area (Å²) >= 11 is 0. The molecule has 2 heteroatoms. The van der Waals surface area contributed by atoms with Crippen molar-refractivity contribution in [3.63, 3.8) is 0 Å². The fraction of sp³-hybridized carbons (Fsp3) is 0.727. The lowest BCUT2D eigenvalue weighted by atomic mass is 9.73. The molecule has 1 aliphatic heterocycles. The Kier molecular flexibility index (Phi) is 6.88. The summed E-state index contributed by atoms with van der Waals surface area (Å²) in [4.78, 5) is 0. The quantitative estimate of drug-likeness (QED) is 0.541. The molecule has 1 aromatic rings. The number of ether oxygens (including phenoxy) is 2. The van der Waals surface area contributed by atoms with Gasteiger partial charge in [0.05, 0.1) is 25.4 Å². The van der Waals surface area contributed by atoms with E-state index in [0.29, 0.717) is 12.0 Å². The molecule has 2 nitrogen and oxygen atoms in total. The average Bonchev–Trinajstić information content (AvgIpc) is 2.57. The molecule has 0 radical (unpaired) electrons. The first-order valence-electron chi connectivity index (χ1n) is 9.74. The van der Waals surface area contributed by atoms with E-state index in [1.54, 1.807) is 0 Å². The molecule has 0 N–H and O–H groups in total. The maximum atomic E-state index is 6.38. The summed E-state index contributed by atoms with van der Waals surface area (Å²) in [5, 5.41) is 0. The largest absolute Gasteiger partial charge is 0.380 e. The van der Waals surface area contributed by atoms with Crippen LogP contribution in [0.5, 0.6) is 0 Å². The molecule has 0 amide bonds. The van der Waals surface area contributed by atoms with E-state index >= 15 is 0 Å². The Morgan fingerprint density at radius 2 is 1.75 bits per heavy atom.